The van der Waals surface area contributed by atoms with Crippen molar-refractivity contribution >= 4 is 34.6 Å². The van der Waals surface area contributed by atoms with Gasteiger partial charge in [-0.3, -0.25) is 4.57 Å². The Morgan fingerprint density at radius 3 is 2.28 bits per heavy atom. The Balaban J connectivity index is 1.78. The number of benzene rings is 3. The van der Waals surface area contributed by atoms with Gasteiger partial charge in [0.15, 0.2) is 0 Å². The van der Waals surface area contributed by atoms with Crippen molar-refractivity contribution in [1.29, 1.82) is 0 Å². The van der Waals surface area contributed by atoms with E-state index in [0.29, 0.717) is 24.1 Å². The minimum Gasteiger partial charge on any atom is -0.429 e. The zero-order valence-corrected chi connectivity index (χ0v) is 17.9. The van der Waals surface area contributed by atoms with Crippen LogP contribution in [0.4, 0.5) is 0 Å². The zero-order valence-electron chi connectivity index (χ0n) is 17.0. The van der Waals surface area contributed by atoms with Gasteiger partial charge in [0, 0.05) is 23.9 Å². The van der Waals surface area contributed by atoms with Crippen LogP contribution in [0.2, 0.25) is 0 Å². The van der Waals surface area contributed by atoms with Gasteiger partial charge in [0.1, 0.15) is 5.75 Å². The second kappa shape index (κ2) is 7.98. The first-order valence-corrected chi connectivity index (χ1v) is 11.5. The van der Waals surface area contributed by atoms with Gasteiger partial charge >= 0.3 is 7.52 Å². The molecule has 29 heavy (non-hydrogen) atoms. The van der Waals surface area contributed by atoms with Gasteiger partial charge in [-0.15, -0.1) is 0 Å². The first-order chi connectivity index (χ1) is 14.0. The van der Waals surface area contributed by atoms with Crippen molar-refractivity contribution in [3.8, 4) is 5.75 Å². The lowest BCUT2D eigenvalue weighted by Gasteiger charge is -2.30. The van der Waals surface area contributed by atoms with Gasteiger partial charge in [-0.25, -0.2) is 9.65 Å². The van der Waals surface area contributed by atoms with E-state index < -0.39 is 7.52 Å². The van der Waals surface area contributed by atoms with Crippen LogP contribution in [-0.2, 0) is 4.57 Å². The van der Waals surface area contributed by atoms with Crippen LogP contribution in [0.15, 0.2) is 72.8 Å². The summed E-state index contributed by atoms with van der Waals surface area (Å²) in [6, 6.07) is 23.6. The Hall–Kier alpha value is -2.68. The molecule has 0 saturated heterocycles. The van der Waals surface area contributed by atoms with Crippen LogP contribution < -0.4 is 9.83 Å². The number of hydrogen-bond acceptors (Lipinski definition) is 3. The van der Waals surface area contributed by atoms with E-state index in [4.69, 9.17) is 9.51 Å². The van der Waals surface area contributed by atoms with E-state index in [9.17, 15) is 4.57 Å². The normalized spacial score (nSPS) is 13.7. The highest BCUT2D eigenvalue weighted by Crippen LogP contribution is 2.49. The molecule has 4 nitrogen and oxygen atoms in total. The second-order valence-corrected chi connectivity index (χ2v) is 9.43. The molecular formula is C24H25N2O2P. The molecule has 0 aliphatic rings. The monoisotopic (exact) mass is 404 g/mol. The molecule has 0 aliphatic carbocycles. The van der Waals surface area contributed by atoms with Crippen LogP contribution in [0.25, 0.3) is 21.8 Å². The maximum absolute atomic E-state index is 14.1. The Labute approximate surface area is 171 Å². The number of para-hydroxylation sites is 1. The fourth-order valence-electron chi connectivity index (χ4n) is 3.56. The van der Waals surface area contributed by atoms with Crippen molar-refractivity contribution in [1.82, 2.24) is 9.65 Å². The highest BCUT2D eigenvalue weighted by Gasteiger charge is 2.33. The average molecular weight is 404 g/mol. The van der Waals surface area contributed by atoms with Crippen molar-refractivity contribution in [2.45, 2.75) is 20.8 Å². The molecule has 0 N–H and O–H groups in total. The van der Waals surface area contributed by atoms with Crippen LogP contribution in [0.5, 0.6) is 5.75 Å². The Morgan fingerprint density at radius 1 is 0.862 bits per heavy atom. The predicted molar refractivity (Wildman–Crippen MR) is 121 cm³/mol. The molecule has 0 amide bonds. The van der Waals surface area contributed by atoms with E-state index in [2.05, 4.69) is 6.07 Å². The summed E-state index contributed by atoms with van der Waals surface area (Å²) in [6.45, 7) is 7.31. The lowest BCUT2D eigenvalue weighted by molar-refractivity contribution is 0.381. The molecule has 0 bridgehead atoms. The summed E-state index contributed by atoms with van der Waals surface area (Å²) in [4.78, 5) is 4.72. The predicted octanol–water partition coefficient (Wildman–Crippen LogP) is 5.94. The molecule has 4 rings (SSSR count). The van der Waals surface area contributed by atoms with Crippen molar-refractivity contribution in [2.75, 3.05) is 13.1 Å². The fraction of sp³-hybridized carbons (Fsp3) is 0.208. The van der Waals surface area contributed by atoms with Crippen LogP contribution in [0.1, 0.15) is 19.4 Å². The van der Waals surface area contributed by atoms with Crippen LogP contribution in [0, 0.1) is 6.92 Å². The minimum atomic E-state index is -3.24. The topological polar surface area (TPSA) is 42.4 Å². The molecule has 0 aliphatic heterocycles. The third-order valence-corrected chi connectivity index (χ3v) is 7.90. The van der Waals surface area contributed by atoms with Crippen LogP contribution >= 0.6 is 7.52 Å². The molecular weight excluding hydrogens is 379 g/mol. The molecule has 0 spiro atoms. The van der Waals surface area contributed by atoms with E-state index >= 15 is 0 Å². The van der Waals surface area contributed by atoms with Crippen LogP contribution in [-0.4, -0.2) is 22.7 Å². The minimum absolute atomic E-state index is 0.588. The van der Waals surface area contributed by atoms with Gasteiger partial charge in [-0.05, 0) is 49.4 Å². The molecule has 1 atom stereocenters. The number of hydrogen-bond donors (Lipinski definition) is 0. The maximum Gasteiger partial charge on any atom is 0.349 e. The Bertz CT molecular complexity index is 1200. The average Bonchev–Trinajstić information content (AvgIpc) is 2.73. The van der Waals surface area contributed by atoms with E-state index in [-0.39, 0.29) is 0 Å². The van der Waals surface area contributed by atoms with Crippen molar-refractivity contribution in [3.63, 3.8) is 0 Å². The third kappa shape index (κ3) is 3.78. The van der Waals surface area contributed by atoms with Crippen LogP contribution in [0.3, 0.4) is 0 Å². The highest BCUT2D eigenvalue weighted by atomic mass is 31.2. The van der Waals surface area contributed by atoms with E-state index in [1.54, 1.807) is 0 Å². The molecule has 1 aromatic heterocycles. The quantitative estimate of drug-likeness (QED) is 0.295. The molecule has 5 heteroatoms. The standard InChI is InChI=1S/C24H25N2O2P/c1-4-26(5-2)29(27,22-13-10-18(3)11-14-22)28-21-12-15-24-20(17-21)16-19-8-6-7-9-23(19)25-24/h6-17H,4-5H2,1-3H3. The Kier molecular flexibility index (Phi) is 5.40. The number of nitrogens with zero attached hydrogens (tertiary/aromatic N) is 2. The lowest BCUT2D eigenvalue weighted by atomic mass is 10.1. The molecule has 1 unspecified atom stereocenters. The first kappa shape index (κ1) is 19.6. The zero-order chi connectivity index (χ0) is 20.4. The van der Waals surface area contributed by atoms with Gasteiger partial charge in [-0.1, -0.05) is 49.7 Å². The number of pyridine rings is 1. The van der Waals surface area contributed by atoms with Gasteiger partial charge in [0.2, 0.25) is 0 Å². The smallest absolute Gasteiger partial charge is 0.349 e. The number of rotatable bonds is 6. The molecule has 4 aromatic rings. The lowest BCUT2D eigenvalue weighted by Crippen LogP contribution is -2.29. The van der Waals surface area contributed by atoms with Gasteiger partial charge in [0.05, 0.1) is 16.3 Å². The molecule has 0 fully saturated rings. The van der Waals surface area contributed by atoms with Gasteiger partial charge in [0.25, 0.3) is 0 Å². The summed E-state index contributed by atoms with van der Waals surface area (Å²) in [5.74, 6) is 0.588. The summed E-state index contributed by atoms with van der Waals surface area (Å²) in [7, 11) is -3.24. The Morgan fingerprint density at radius 2 is 1.55 bits per heavy atom. The summed E-state index contributed by atoms with van der Waals surface area (Å²) in [5, 5.41) is 2.75. The molecule has 1 heterocycles. The summed E-state index contributed by atoms with van der Waals surface area (Å²) in [6.07, 6.45) is 0. The SMILES string of the molecule is CCN(CC)P(=O)(Oc1ccc2nc3ccccc3cc2c1)c1ccc(C)cc1. The van der Waals surface area contributed by atoms with Crippen molar-refractivity contribution in [2.24, 2.45) is 0 Å². The maximum atomic E-state index is 14.1. The summed E-state index contributed by atoms with van der Waals surface area (Å²) < 4.78 is 22.2. The number of fused-ring (bicyclic) bond motifs is 2. The number of aromatic nitrogens is 1. The summed E-state index contributed by atoms with van der Waals surface area (Å²) >= 11 is 0. The first-order valence-electron chi connectivity index (χ1n) is 9.95. The second-order valence-electron chi connectivity index (χ2n) is 7.12. The molecule has 148 valence electrons. The van der Waals surface area contributed by atoms with Crippen molar-refractivity contribution < 1.29 is 9.09 Å². The van der Waals surface area contributed by atoms with Gasteiger partial charge in [-0.2, -0.15) is 0 Å². The van der Waals surface area contributed by atoms with Gasteiger partial charge < -0.3 is 4.52 Å². The largest absolute Gasteiger partial charge is 0.429 e. The molecule has 0 radical (unpaired) electrons. The molecule has 3 aromatic carbocycles. The summed E-state index contributed by atoms with van der Waals surface area (Å²) in [5.41, 5.74) is 2.98. The van der Waals surface area contributed by atoms with Crippen molar-refractivity contribution in [3.05, 3.63) is 78.4 Å². The number of aryl methyl sites for hydroxylation is 1. The molecule has 0 saturated carbocycles. The van der Waals surface area contributed by atoms with E-state index in [1.807, 2.05) is 92.2 Å². The third-order valence-electron chi connectivity index (χ3n) is 5.18. The fourth-order valence-corrected chi connectivity index (χ4v) is 5.78. The highest BCUT2D eigenvalue weighted by molar-refractivity contribution is 7.65. The van der Waals surface area contributed by atoms with E-state index in [1.165, 1.54) is 0 Å². The van der Waals surface area contributed by atoms with E-state index in [0.717, 1.165) is 27.4 Å².